The predicted octanol–water partition coefficient (Wildman–Crippen LogP) is 4.49. The standard InChI is InChI=1S/C11H15NO3S.C11H15NO2S.CH2O/c1-6(2)11(15)12-9-7(3)5-16-10(9)8(14)4-13;1-6(2)11(14)12-9-7(3)5-15-10(9)8(4)13;1-2/h5-6,13H,4H2,1-3H3,(H,12,15);5-6H,1-4H3,(H,12,14);1H2. The van der Waals surface area contributed by atoms with E-state index in [0.29, 0.717) is 21.1 Å². The van der Waals surface area contributed by atoms with E-state index in [2.05, 4.69) is 10.6 Å². The van der Waals surface area contributed by atoms with Gasteiger partial charge >= 0.3 is 0 Å². The Morgan fingerprint density at radius 1 is 0.848 bits per heavy atom. The van der Waals surface area contributed by atoms with Crippen LogP contribution < -0.4 is 10.6 Å². The summed E-state index contributed by atoms with van der Waals surface area (Å²) in [4.78, 5) is 54.8. The molecular weight excluding hydrogens is 464 g/mol. The Hall–Kier alpha value is -2.69. The summed E-state index contributed by atoms with van der Waals surface area (Å²) in [6, 6.07) is 0. The highest BCUT2D eigenvalue weighted by Crippen LogP contribution is 2.29. The first-order valence-electron chi connectivity index (χ1n) is 10.1. The van der Waals surface area contributed by atoms with Gasteiger partial charge in [0.05, 0.1) is 21.1 Å². The van der Waals surface area contributed by atoms with Crippen LogP contribution in [-0.4, -0.2) is 41.9 Å². The van der Waals surface area contributed by atoms with Crippen molar-refractivity contribution in [1.82, 2.24) is 0 Å². The zero-order valence-electron chi connectivity index (χ0n) is 20.0. The topological polar surface area (TPSA) is 130 Å². The number of hydrogen-bond donors (Lipinski definition) is 3. The van der Waals surface area contributed by atoms with Crippen LogP contribution in [0.25, 0.3) is 0 Å². The quantitative estimate of drug-likeness (QED) is 0.484. The van der Waals surface area contributed by atoms with Crippen LogP contribution in [-0.2, 0) is 14.4 Å². The third kappa shape index (κ3) is 8.99. The first-order valence-corrected chi connectivity index (χ1v) is 11.9. The number of aryl methyl sites for hydroxylation is 2. The molecular formula is C23H32N2O6S2. The number of aliphatic hydroxyl groups excluding tert-OH is 1. The molecule has 10 heteroatoms. The summed E-state index contributed by atoms with van der Waals surface area (Å²) in [5.41, 5.74) is 2.99. The van der Waals surface area contributed by atoms with Gasteiger partial charge in [-0.25, -0.2) is 0 Å². The molecule has 0 saturated carbocycles. The SMILES string of the molecule is C=O.CC(=O)c1scc(C)c1NC(=O)C(C)C.Cc1csc(C(=O)CO)c1NC(=O)C(C)C. The van der Waals surface area contributed by atoms with Gasteiger partial charge in [0.25, 0.3) is 0 Å². The molecule has 0 fully saturated rings. The first-order chi connectivity index (χ1) is 15.4. The summed E-state index contributed by atoms with van der Waals surface area (Å²) in [5, 5.41) is 18.0. The molecule has 2 amide bonds. The molecule has 0 atom stereocenters. The normalized spacial score (nSPS) is 10.0. The van der Waals surface area contributed by atoms with Crippen molar-refractivity contribution >= 4 is 64.2 Å². The van der Waals surface area contributed by atoms with E-state index in [1.54, 1.807) is 19.2 Å². The van der Waals surface area contributed by atoms with Crippen molar-refractivity contribution in [2.24, 2.45) is 11.8 Å². The number of nitrogens with one attached hydrogen (secondary N) is 2. The Bertz CT molecular complexity index is 976. The summed E-state index contributed by atoms with van der Waals surface area (Å²) in [5.74, 6) is -0.780. The Labute approximate surface area is 202 Å². The van der Waals surface area contributed by atoms with Gasteiger partial charge in [-0.05, 0) is 35.7 Å². The second kappa shape index (κ2) is 14.5. The van der Waals surface area contributed by atoms with Crippen LogP contribution >= 0.6 is 22.7 Å². The maximum Gasteiger partial charge on any atom is 0.226 e. The molecule has 3 N–H and O–H groups in total. The molecule has 0 radical (unpaired) electrons. The molecule has 0 unspecified atom stereocenters. The molecule has 0 aromatic carbocycles. The summed E-state index contributed by atoms with van der Waals surface area (Å²) in [6.07, 6.45) is 0. The van der Waals surface area contributed by atoms with Gasteiger partial charge in [-0.15, -0.1) is 22.7 Å². The van der Waals surface area contributed by atoms with Crippen molar-refractivity contribution in [3.8, 4) is 0 Å². The van der Waals surface area contributed by atoms with E-state index in [9.17, 15) is 19.2 Å². The molecule has 2 aromatic rings. The molecule has 2 rings (SSSR count). The molecule has 0 aliphatic heterocycles. The highest BCUT2D eigenvalue weighted by atomic mass is 32.1. The average Bonchev–Trinajstić information content (AvgIpc) is 3.32. The Balaban J connectivity index is 0.000000578. The number of hydrogen-bond acceptors (Lipinski definition) is 8. The highest BCUT2D eigenvalue weighted by molar-refractivity contribution is 7.13. The number of carbonyl (C=O) groups is 5. The molecule has 8 nitrogen and oxygen atoms in total. The lowest BCUT2D eigenvalue weighted by molar-refractivity contribution is -0.119. The Morgan fingerprint density at radius 3 is 1.55 bits per heavy atom. The average molecular weight is 497 g/mol. The number of rotatable bonds is 7. The molecule has 182 valence electrons. The Kier molecular flexibility index (Phi) is 13.3. The van der Waals surface area contributed by atoms with Crippen molar-refractivity contribution in [3.63, 3.8) is 0 Å². The van der Waals surface area contributed by atoms with Crippen LogP contribution in [0.1, 0.15) is 65.1 Å². The number of thiophene rings is 2. The zero-order valence-corrected chi connectivity index (χ0v) is 21.7. The first kappa shape index (κ1) is 30.3. The van der Waals surface area contributed by atoms with Gasteiger partial charge < -0.3 is 20.5 Å². The monoisotopic (exact) mass is 496 g/mol. The minimum Gasteiger partial charge on any atom is -0.388 e. The van der Waals surface area contributed by atoms with Gasteiger partial charge in [-0.2, -0.15) is 0 Å². The lowest BCUT2D eigenvalue weighted by Crippen LogP contribution is -2.19. The van der Waals surface area contributed by atoms with E-state index in [-0.39, 0.29) is 35.2 Å². The molecule has 0 saturated heterocycles. The number of anilines is 2. The summed E-state index contributed by atoms with van der Waals surface area (Å²) >= 11 is 2.61. The summed E-state index contributed by atoms with van der Waals surface area (Å²) < 4.78 is 0. The molecule has 2 heterocycles. The van der Waals surface area contributed by atoms with Crippen molar-refractivity contribution in [1.29, 1.82) is 0 Å². The molecule has 0 aliphatic carbocycles. The van der Waals surface area contributed by atoms with E-state index < -0.39 is 6.61 Å². The maximum atomic E-state index is 11.5. The van der Waals surface area contributed by atoms with Gasteiger partial charge in [0.1, 0.15) is 13.4 Å². The fourth-order valence-electron chi connectivity index (χ4n) is 2.27. The largest absolute Gasteiger partial charge is 0.388 e. The van der Waals surface area contributed by atoms with Crippen LogP contribution in [0, 0.1) is 25.7 Å². The fourth-order valence-corrected chi connectivity index (χ4v) is 4.12. The minimum atomic E-state index is -0.537. The van der Waals surface area contributed by atoms with E-state index in [0.717, 1.165) is 11.1 Å². The van der Waals surface area contributed by atoms with Crippen LogP contribution in [0.5, 0.6) is 0 Å². The number of aliphatic hydroxyl groups is 1. The van der Waals surface area contributed by atoms with Gasteiger partial charge in [-0.3, -0.25) is 19.2 Å². The van der Waals surface area contributed by atoms with E-state index >= 15 is 0 Å². The van der Waals surface area contributed by atoms with Gasteiger partial charge in [0, 0.05) is 18.8 Å². The van der Waals surface area contributed by atoms with Crippen LogP contribution in [0.3, 0.4) is 0 Å². The number of amides is 2. The Morgan fingerprint density at radius 2 is 1.21 bits per heavy atom. The van der Waals surface area contributed by atoms with Crippen molar-refractivity contribution in [3.05, 3.63) is 31.6 Å². The molecule has 33 heavy (non-hydrogen) atoms. The van der Waals surface area contributed by atoms with Crippen LogP contribution in [0.15, 0.2) is 10.8 Å². The lowest BCUT2D eigenvalue weighted by Gasteiger charge is -2.09. The van der Waals surface area contributed by atoms with Crippen molar-refractivity contribution < 1.29 is 29.1 Å². The third-order valence-electron chi connectivity index (χ3n) is 4.21. The van der Waals surface area contributed by atoms with E-state index in [1.165, 1.54) is 29.6 Å². The number of Topliss-reactive ketones (excluding diaryl/α,β-unsaturated/α-hetero) is 2. The molecule has 2 aromatic heterocycles. The lowest BCUT2D eigenvalue weighted by atomic mass is 10.1. The van der Waals surface area contributed by atoms with Crippen molar-refractivity contribution in [2.45, 2.75) is 48.5 Å². The summed E-state index contributed by atoms with van der Waals surface area (Å²) in [6.45, 7) is 13.9. The van der Waals surface area contributed by atoms with E-state index in [1.807, 2.05) is 39.9 Å². The number of ketones is 2. The number of carbonyl (C=O) groups excluding carboxylic acids is 5. The van der Waals surface area contributed by atoms with Crippen LogP contribution in [0.2, 0.25) is 0 Å². The van der Waals surface area contributed by atoms with Gasteiger partial charge in [0.15, 0.2) is 11.6 Å². The maximum absolute atomic E-state index is 11.5. The second-order valence-corrected chi connectivity index (χ2v) is 9.43. The zero-order chi connectivity index (χ0) is 25.9. The highest BCUT2D eigenvalue weighted by Gasteiger charge is 2.18. The molecule has 0 aliphatic rings. The molecule has 0 bridgehead atoms. The summed E-state index contributed by atoms with van der Waals surface area (Å²) in [7, 11) is 0. The molecule has 0 spiro atoms. The predicted molar refractivity (Wildman–Crippen MR) is 134 cm³/mol. The smallest absolute Gasteiger partial charge is 0.226 e. The van der Waals surface area contributed by atoms with Crippen LogP contribution in [0.4, 0.5) is 11.4 Å². The van der Waals surface area contributed by atoms with Gasteiger partial charge in [0.2, 0.25) is 11.8 Å². The second-order valence-electron chi connectivity index (χ2n) is 7.67. The van der Waals surface area contributed by atoms with Gasteiger partial charge in [-0.1, -0.05) is 27.7 Å². The fraction of sp³-hybridized carbons (Fsp3) is 0.435. The minimum absolute atomic E-state index is 0.00726. The van der Waals surface area contributed by atoms with Crippen molar-refractivity contribution in [2.75, 3.05) is 17.2 Å². The van der Waals surface area contributed by atoms with E-state index in [4.69, 9.17) is 9.90 Å². The third-order valence-corrected chi connectivity index (χ3v) is 6.55.